The van der Waals surface area contributed by atoms with E-state index in [2.05, 4.69) is 29.0 Å². The number of carboxylic acids is 1. The van der Waals surface area contributed by atoms with Crippen molar-refractivity contribution in [2.75, 3.05) is 39.3 Å². The molecule has 5 nitrogen and oxygen atoms in total. The molecular formula is C14H27N3O2. The largest absolute Gasteiger partial charge is 0.480 e. The van der Waals surface area contributed by atoms with Crippen molar-refractivity contribution >= 4 is 5.97 Å². The summed E-state index contributed by atoms with van der Waals surface area (Å²) < 4.78 is 0. The predicted molar refractivity (Wildman–Crippen MR) is 75.3 cm³/mol. The van der Waals surface area contributed by atoms with Gasteiger partial charge in [0.15, 0.2) is 0 Å². The molecule has 5 heteroatoms. The van der Waals surface area contributed by atoms with Gasteiger partial charge in [-0.1, -0.05) is 13.8 Å². The quantitative estimate of drug-likeness (QED) is 0.703. The van der Waals surface area contributed by atoms with Crippen LogP contribution in [0.3, 0.4) is 0 Å². The zero-order valence-corrected chi connectivity index (χ0v) is 12.1. The number of piperazine rings is 1. The van der Waals surface area contributed by atoms with Gasteiger partial charge >= 0.3 is 5.97 Å². The summed E-state index contributed by atoms with van der Waals surface area (Å²) in [6, 6.07) is 0.0486. The topological polar surface area (TPSA) is 55.8 Å². The Morgan fingerprint density at radius 2 is 1.68 bits per heavy atom. The molecule has 2 fully saturated rings. The lowest BCUT2D eigenvalue weighted by molar-refractivity contribution is -0.140. The second-order valence-corrected chi connectivity index (χ2v) is 6.33. The van der Waals surface area contributed by atoms with Crippen LogP contribution in [0.25, 0.3) is 0 Å². The smallest absolute Gasteiger partial charge is 0.322 e. The van der Waals surface area contributed by atoms with E-state index < -0.39 is 12.0 Å². The summed E-state index contributed by atoms with van der Waals surface area (Å²) in [6.45, 7) is 10.4. The molecule has 0 aromatic carbocycles. The van der Waals surface area contributed by atoms with Gasteiger partial charge in [0.05, 0.1) is 0 Å². The van der Waals surface area contributed by atoms with Gasteiger partial charge in [-0.25, -0.2) is 0 Å². The maximum absolute atomic E-state index is 11.2. The molecule has 0 aromatic heterocycles. The van der Waals surface area contributed by atoms with Crippen LogP contribution in [0.2, 0.25) is 0 Å². The first-order chi connectivity index (χ1) is 9.04. The fourth-order valence-corrected chi connectivity index (χ4v) is 2.67. The van der Waals surface area contributed by atoms with Crippen LogP contribution in [0.5, 0.6) is 0 Å². The van der Waals surface area contributed by atoms with E-state index in [1.165, 1.54) is 0 Å². The minimum Gasteiger partial charge on any atom is -0.480 e. The van der Waals surface area contributed by atoms with Gasteiger partial charge in [-0.2, -0.15) is 0 Å². The standard InChI is InChI=1S/C14H27N3O2/c1-11(2)9-16-5-7-17(8-6-16)10-13(14(18)19)15-12-3-4-12/h11-13,15H,3-10H2,1-2H3,(H,18,19). The van der Waals surface area contributed by atoms with Crippen molar-refractivity contribution in [2.45, 2.75) is 38.8 Å². The van der Waals surface area contributed by atoms with Gasteiger partial charge in [0.1, 0.15) is 6.04 Å². The number of rotatable bonds is 7. The molecule has 0 radical (unpaired) electrons. The molecule has 2 N–H and O–H groups in total. The zero-order chi connectivity index (χ0) is 13.8. The lowest BCUT2D eigenvalue weighted by Crippen LogP contribution is -2.53. The Bertz CT molecular complexity index is 297. The molecule has 110 valence electrons. The maximum Gasteiger partial charge on any atom is 0.322 e. The first kappa shape index (κ1) is 14.8. The fraction of sp³-hybridized carbons (Fsp3) is 0.929. The molecule has 0 spiro atoms. The van der Waals surface area contributed by atoms with Gasteiger partial charge in [-0.15, -0.1) is 0 Å². The predicted octanol–water partition coefficient (Wildman–Crippen LogP) is 0.465. The summed E-state index contributed by atoms with van der Waals surface area (Å²) in [7, 11) is 0. The Morgan fingerprint density at radius 3 is 2.11 bits per heavy atom. The van der Waals surface area contributed by atoms with Crippen LogP contribution in [-0.4, -0.2) is 72.2 Å². The Hall–Kier alpha value is -0.650. The SMILES string of the molecule is CC(C)CN1CCN(CC(NC2CC2)C(=O)O)CC1. The monoisotopic (exact) mass is 269 g/mol. The molecule has 1 atom stereocenters. The van der Waals surface area contributed by atoms with Crippen LogP contribution in [0.4, 0.5) is 0 Å². The average Bonchev–Trinajstić information content (AvgIpc) is 3.14. The first-order valence-corrected chi connectivity index (χ1v) is 7.48. The minimum atomic E-state index is -0.712. The van der Waals surface area contributed by atoms with Crippen molar-refractivity contribution in [1.29, 1.82) is 0 Å². The molecule has 1 saturated heterocycles. The molecule has 2 rings (SSSR count). The van der Waals surface area contributed by atoms with E-state index >= 15 is 0 Å². The number of aliphatic carboxylic acids is 1. The van der Waals surface area contributed by atoms with E-state index in [1.807, 2.05) is 0 Å². The Morgan fingerprint density at radius 1 is 1.16 bits per heavy atom. The van der Waals surface area contributed by atoms with Crippen molar-refractivity contribution < 1.29 is 9.90 Å². The summed E-state index contributed by atoms with van der Waals surface area (Å²) in [4.78, 5) is 16.0. The highest BCUT2D eigenvalue weighted by atomic mass is 16.4. The first-order valence-electron chi connectivity index (χ1n) is 7.48. The van der Waals surface area contributed by atoms with Crippen LogP contribution in [0, 0.1) is 5.92 Å². The van der Waals surface area contributed by atoms with E-state index in [0.29, 0.717) is 18.5 Å². The van der Waals surface area contributed by atoms with E-state index in [-0.39, 0.29) is 0 Å². The molecule has 1 unspecified atom stereocenters. The molecule has 0 aromatic rings. The van der Waals surface area contributed by atoms with Crippen molar-refractivity contribution in [3.8, 4) is 0 Å². The molecule has 0 bridgehead atoms. The van der Waals surface area contributed by atoms with E-state index in [4.69, 9.17) is 0 Å². The Balaban J connectivity index is 1.72. The van der Waals surface area contributed by atoms with Crippen molar-refractivity contribution in [2.24, 2.45) is 5.92 Å². The van der Waals surface area contributed by atoms with E-state index in [9.17, 15) is 9.90 Å². The van der Waals surface area contributed by atoms with Gasteiger partial charge < -0.3 is 15.3 Å². The van der Waals surface area contributed by atoms with Crippen LogP contribution >= 0.6 is 0 Å². The molecule has 1 aliphatic carbocycles. The summed E-state index contributed by atoms with van der Waals surface area (Å²) in [6.07, 6.45) is 2.26. The lowest BCUT2D eigenvalue weighted by Gasteiger charge is -2.36. The number of carbonyl (C=O) groups is 1. The van der Waals surface area contributed by atoms with Gasteiger partial charge in [0.2, 0.25) is 0 Å². The van der Waals surface area contributed by atoms with Crippen molar-refractivity contribution in [3.63, 3.8) is 0 Å². The molecule has 1 saturated carbocycles. The average molecular weight is 269 g/mol. The number of carboxylic acid groups (broad SMARTS) is 1. The van der Waals surface area contributed by atoms with Crippen LogP contribution in [-0.2, 0) is 4.79 Å². The van der Waals surface area contributed by atoms with Crippen LogP contribution in [0.15, 0.2) is 0 Å². The van der Waals surface area contributed by atoms with Crippen molar-refractivity contribution in [3.05, 3.63) is 0 Å². The highest BCUT2D eigenvalue weighted by Gasteiger charge is 2.30. The highest BCUT2D eigenvalue weighted by Crippen LogP contribution is 2.19. The summed E-state index contributed by atoms with van der Waals surface area (Å²) in [5.74, 6) is -0.00800. The van der Waals surface area contributed by atoms with Crippen LogP contribution in [0.1, 0.15) is 26.7 Å². The molecule has 1 aliphatic heterocycles. The summed E-state index contributed by atoms with van der Waals surface area (Å²) in [5, 5.41) is 12.5. The second kappa shape index (κ2) is 6.68. The van der Waals surface area contributed by atoms with Gasteiger partial charge in [0.25, 0.3) is 0 Å². The zero-order valence-electron chi connectivity index (χ0n) is 12.1. The fourth-order valence-electron chi connectivity index (χ4n) is 2.67. The maximum atomic E-state index is 11.2. The van der Waals surface area contributed by atoms with E-state index in [0.717, 1.165) is 45.6 Å². The third kappa shape index (κ3) is 5.09. The molecular weight excluding hydrogens is 242 g/mol. The number of nitrogens with one attached hydrogen (secondary N) is 1. The van der Waals surface area contributed by atoms with E-state index in [1.54, 1.807) is 0 Å². The molecule has 19 heavy (non-hydrogen) atoms. The number of nitrogens with zero attached hydrogens (tertiary/aromatic N) is 2. The second-order valence-electron chi connectivity index (χ2n) is 6.33. The Kier molecular flexibility index (Phi) is 5.19. The van der Waals surface area contributed by atoms with Crippen molar-refractivity contribution in [1.82, 2.24) is 15.1 Å². The Labute approximate surface area is 115 Å². The van der Waals surface area contributed by atoms with Gasteiger partial charge in [-0.3, -0.25) is 9.69 Å². The third-order valence-corrected chi connectivity index (χ3v) is 3.84. The minimum absolute atomic E-state index is 0.399. The van der Waals surface area contributed by atoms with Crippen LogP contribution < -0.4 is 5.32 Å². The molecule has 1 heterocycles. The summed E-state index contributed by atoms with van der Waals surface area (Å²) in [5.41, 5.74) is 0. The lowest BCUT2D eigenvalue weighted by atomic mass is 10.2. The molecule has 0 amide bonds. The normalized spacial score (nSPS) is 23.7. The summed E-state index contributed by atoms with van der Waals surface area (Å²) >= 11 is 0. The number of hydrogen-bond acceptors (Lipinski definition) is 4. The highest BCUT2D eigenvalue weighted by molar-refractivity contribution is 5.73. The third-order valence-electron chi connectivity index (χ3n) is 3.84. The molecule has 2 aliphatic rings. The van der Waals surface area contributed by atoms with Gasteiger partial charge in [-0.05, 0) is 18.8 Å². The number of hydrogen-bond donors (Lipinski definition) is 2. The van der Waals surface area contributed by atoms with Gasteiger partial charge in [0, 0.05) is 45.3 Å².